The molecule has 0 bridgehead atoms. The molecule has 3 rings (SSSR count). The Morgan fingerprint density at radius 1 is 1.13 bits per heavy atom. The number of halogens is 2. The van der Waals surface area contributed by atoms with E-state index in [-0.39, 0.29) is 11.7 Å². The normalized spacial score (nSPS) is 10.9. The monoisotopic (exact) mass is 480 g/mol. The molecule has 1 heterocycles. The third kappa shape index (κ3) is 6.41. The van der Waals surface area contributed by atoms with Gasteiger partial charge in [0.1, 0.15) is 5.82 Å². The summed E-state index contributed by atoms with van der Waals surface area (Å²) < 4.78 is 2.04. The first kappa shape index (κ1) is 23.0. The van der Waals surface area contributed by atoms with Crippen molar-refractivity contribution in [3.63, 3.8) is 0 Å². The van der Waals surface area contributed by atoms with Crippen LogP contribution in [0.5, 0.6) is 0 Å². The van der Waals surface area contributed by atoms with Gasteiger partial charge in [0, 0.05) is 28.0 Å². The highest BCUT2D eigenvalue weighted by atomic mass is 35.5. The van der Waals surface area contributed by atoms with Gasteiger partial charge < -0.3 is 9.88 Å². The van der Waals surface area contributed by atoms with Crippen LogP contribution in [0, 0.1) is 6.92 Å². The Kier molecular flexibility index (Phi) is 8.50. The van der Waals surface area contributed by atoms with Crippen molar-refractivity contribution >= 4 is 58.3 Å². The second-order valence-electron chi connectivity index (χ2n) is 6.58. The Morgan fingerprint density at radius 2 is 1.97 bits per heavy atom. The fourth-order valence-electron chi connectivity index (χ4n) is 2.79. The molecule has 1 aromatic heterocycles. The molecule has 2 aromatic carbocycles. The smallest absolute Gasteiger partial charge is 0.234 e. The number of aromatic nitrogens is 3. The van der Waals surface area contributed by atoms with Gasteiger partial charge in [-0.05, 0) is 49.2 Å². The quantitative estimate of drug-likeness (QED) is 0.376. The molecular weight excluding hydrogens is 459 g/mol. The number of carbonyl (C=O) groups is 1. The summed E-state index contributed by atoms with van der Waals surface area (Å²) in [5.41, 5.74) is 2.94. The number of nitrogens with zero attached hydrogens (tertiary/aromatic N) is 3. The van der Waals surface area contributed by atoms with Crippen molar-refractivity contribution < 1.29 is 4.79 Å². The Morgan fingerprint density at radius 3 is 2.70 bits per heavy atom. The fraction of sp³-hybridized carbons (Fsp3) is 0.286. The number of benzene rings is 2. The minimum Gasteiger partial charge on any atom is -0.325 e. The van der Waals surface area contributed by atoms with Crippen molar-refractivity contribution in [1.82, 2.24) is 14.8 Å². The highest BCUT2D eigenvalue weighted by Gasteiger charge is 2.14. The average Bonchev–Trinajstić information content (AvgIpc) is 3.10. The van der Waals surface area contributed by atoms with Crippen LogP contribution >= 0.6 is 46.7 Å². The van der Waals surface area contributed by atoms with Gasteiger partial charge in [-0.1, -0.05) is 53.2 Å². The maximum Gasteiger partial charge on any atom is 0.234 e. The molecule has 0 atom stereocenters. The predicted octanol–water partition coefficient (Wildman–Crippen LogP) is 6.08. The summed E-state index contributed by atoms with van der Waals surface area (Å²) in [7, 11) is 0. The number of amides is 1. The van der Waals surface area contributed by atoms with Crippen LogP contribution in [-0.4, -0.2) is 26.4 Å². The van der Waals surface area contributed by atoms with Gasteiger partial charge >= 0.3 is 0 Å². The van der Waals surface area contributed by atoms with E-state index >= 15 is 0 Å². The topological polar surface area (TPSA) is 59.8 Å². The molecule has 158 valence electrons. The summed E-state index contributed by atoms with van der Waals surface area (Å²) in [4.78, 5) is 12.3. The van der Waals surface area contributed by atoms with E-state index in [0.717, 1.165) is 40.1 Å². The highest BCUT2D eigenvalue weighted by Crippen LogP contribution is 2.27. The van der Waals surface area contributed by atoms with E-state index in [9.17, 15) is 4.79 Å². The van der Waals surface area contributed by atoms with Crippen LogP contribution in [0.1, 0.15) is 23.9 Å². The molecule has 1 amide bonds. The largest absolute Gasteiger partial charge is 0.325 e. The molecule has 0 unspecified atom stereocenters. The lowest BCUT2D eigenvalue weighted by molar-refractivity contribution is -0.113. The van der Waals surface area contributed by atoms with Crippen LogP contribution in [0.2, 0.25) is 10.0 Å². The second kappa shape index (κ2) is 11.1. The highest BCUT2D eigenvalue weighted by molar-refractivity contribution is 7.99. The zero-order chi connectivity index (χ0) is 21.5. The lowest BCUT2D eigenvalue weighted by Crippen LogP contribution is -2.14. The second-order valence-corrected chi connectivity index (χ2v) is 9.35. The van der Waals surface area contributed by atoms with Crippen LogP contribution in [-0.2, 0) is 22.8 Å². The summed E-state index contributed by atoms with van der Waals surface area (Å²) >= 11 is 15.3. The molecule has 0 spiro atoms. The van der Waals surface area contributed by atoms with E-state index in [2.05, 4.69) is 15.5 Å². The first-order chi connectivity index (χ1) is 14.5. The van der Waals surface area contributed by atoms with E-state index in [1.807, 2.05) is 54.8 Å². The van der Waals surface area contributed by atoms with Crippen molar-refractivity contribution in [2.45, 2.75) is 37.1 Å². The lowest BCUT2D eigenvalue weighted by atomic mass is 10.2. The van der Waals surface area contributed by atoms with Gasteiger partial charge in [-0.3, -0.25) is 4.79 Å². The first-order valence-corrected chi connectivity index (χ1v) is 12.3. The summed E-state index contributed by atoms with van der Waals surface area (Å²) in [5, 5.41) is 13.6. The maximum atomic E-state index is 12.3. The molecule has 0 saturated heterocycles. The van der Waals surface area contributed by atoms with Gasteiger partial charge in [0.15, 0.2) is 5.16 Å². The lowest BCUT2D eigenvalue weighted by Gasteiger charge is -2.08. The van der Waals surface area contributed by atoms with Crippen molar-refractivity contribution in [3.05, 3.63) is 69.5 Å². The van der Waals surface area contributed by atoms with Crippen LogP contribution in [0.15, 0.2) is 47.6 Å². The summed E-state index contributed by atoms with van der Waals surface area (Å²) in [6.45, 7) is 4.78. The molecule has 0 saturated carbocycles. The fourth-order valence-corrected chi connectivity index (χ4v) is 5.14. The minimum atomic E-state index is -0.0652. The minimum absolute atomic E-state index is 0.0652. The van der Waals surface area contributed by atoms with E-state index in [1.165, 1.54) is 11.8 Å². The van der Waals surface area contributed by atoms with E-state index in [1.54, 1.807) is 17.8 Å². The Bertz CT molecular complexity index is 1030. The van der Waals surface area contributed by atoms with Crippen molar-refractivity contribution in [3.8, 4) is 0 Å². The molecule has 0 aliphatic carbocycles. The van der Waals surface area contributed by atoms with Crippen LogP contribution in [0.25, 0.3) is 0 Å². The third-order valence-corrected chi connectivity index (χ3v) is 6.78. The maximum absolute atomic E-state index is 12.3. The summed E-state index contributed by atoms with van der Waals surface area (Å²) in [6.07, 6.45) is 0. The number of hydrogen-bond acceptors (Lipinski definition) is 5. The Hall–Kier alpha value is -1.67. The van der Waals surface area contributed by atoms with E-state index in [4.69, 9.17) is 23.2 Å². The van der Waals surface area contributed by atoms with Crippen molar-refractivity contribution in [2.75, 3.05) is 11.1 Å². The number of aryl methyl sites for hydroxylation is 1. The SMILES string of the molecule is CCn1c(CSCc2ccc(Cl)cc2Cl)nnc1SCC(=O)Nc1cccc(C)c1. The zero-order valence-electron chi connectivity index (χ0n) is 16.7. The molecule has 0 aliphatic rings. The summed E-state index contributed by atoms with van der Waals surface area (Å²) in [5.74, 6) is 2.56. The average molecular weight is 481 g/mol. The number of anilines is 1. The van der Waals surface area contributed by atoms with Gasteiger partial charge in [0.25, 0.3) is 0 Å². The van der Waals surface area contributed by atoms with Gasteiger partial charge in [0.2, 0.25) is 5.91 Å². The van der Waals surface area contributed by atoms with Crippen LogP contribution in [0.3, 0.4) is 0 Å². The Labute approximate surface area is 194 Å². The molecule has 0 fully saturated rings. The first-order valence-electron chi connectivity index (χ1n) is 9.39. The standard InChI is InChI=1S/C21H22Cl2N4OS2/c1-3-27-19(12-29-11-15-7-8-16(22)10-18(15)23)25-26-21(27)30-13-20(28)24-17-6-4-5-14(2)9-17/h4-10H,3,11-13H2,1-2H3,(H,24,28). The third-order valence-electron chi connectivity index (χ3n) is 4.25. The number of nitrogens with one attached hydrogen (secondary N) is 1. The molecule has 3 aromatic rings. The summed E-state index contributed by atoms with van der Waals surface area (Å²) in [6, 6.07) is 13.3. The van der Waals surface area contributed by atoms with Gasteiger partial charge in [0.05, 0.1) is 11.5 Å². The van der Waals surface area contributed by atoms with E-state index < -0.39 is 0 Å². The van der Waals surface area contributed by atoms with Gasteiger partial charge in [-0.25, -0.2) is 0 Å². The molecule has 1 N–H and O–H groups in total. The van der Waals surface area contributed by atoms with Gasteiger partial charge in [-0.15, -0.1) is 22.0 Å². The van der Waals surface area contributed by atoms with Gasteiger partial charge in [-0.2, -0.15) is 0 Å². The molecule has 0 aliphatic heterocycles. The molecule has 5 nitrogen and oxygen atoms in total. The molecule has 30 heavy (non-hydrogen) atoms. The number of rotatable bonds is 9. The predicted molar refractivity (Wildman–Crippen MR) is 128 cm³/mol. The number of thioether (sulfide) groups is 2. The van der Waals surface area contributed by atoms with Crippen molar-refractivity contribution in [1.29, 1.82) is 0 Å². The van der Waals surface area contributed by atoms with Crippen molar-refractivity contribution in [2.24, 2.45) is 0 Å². The molecule has 9 heteroatoms. The van der Waals surface area contributed by atoms with Crippen LogP contribution in [0.4, 0.5) is 5.69 Å². The zero-order valence-corrected chi connectivity index (χ0v) is 19.8. The van der Waals surface area contributed by atoms with E-state index in [0.29, 0.717) is 15.8 Å². The number of carbonyl (C=O) groups excluding carboxylic acids is 1. The number of hydrogen-bond donors (Lipinski definition) is 1. The molecule has 0 radical (unpaired) electrons. The molecular formula is C21H22Cl2N4OS2. The van der Waals surface area contributed by atoms with Crippen LogP contribution < -0.4 is 5.32 Å². The Balaban J connectivity index is 1.53.